The average Bonchev–Trinajstić information content (AvgIpc) is 2.16. The van der Waals surface area contributed by atoms with Gasteiger partial charge in [-0.15, -0.1) is 0 Å². The molecule has 2 rings (SSSR count). The highest BCUT2D eigenvalue weighted by Crippen LogP contribution is 2.10. The van der Waals surface area contributed by atoms with Crippen LogP contribution in [0.3, 0.4) is 0 Å². The molecule has 0 spiro atoms. The highest BCUT2D eigenvalue weighted by atomic mass is 16.5. The summed E-state index contributed by atoms with van der Waals surface area (Å²) in [5, 5.41) is 3.20. The number of rotatable bonds is 4. The number of nitrogens with one attached hydrogen (secondary N) is 1. The Morgan fingerprint density at radius 3 is 2.64 bits per heavy atom. The van der Waals surface area contributed by atoms with Crippen LogP contribution in [-0.2, 0) is 6.42 Å². The standard InChI is InChI=1S/C10H15N3O/c1-2-10-12-5-9(6-13-10)14-7-8-3-11-4-8/h5-6,8,11H,2-4,7H2,1H3. The maximum atomic E-state index is 5.54. The first kappa shape index (κ1) is 9.40. The van der Waals surface area contributed by atoms with Crippen LogP contribution in [0.4, 0.5) is 0 Å². The molecule has 76 valence electrons. The number of hydrogen-bond acceptors (Lipinski definition) is 4. The van der Waals surface area contributed by atoms with Crippen LogP contribution in [0, 0.1) is 5.92 Å². The van der Waals surface area contributed by atoms with Gasteiger partial charge in [-0.3, -0.25) is 0 Å². The van der Waals surface area contributed by atoms with Crippen LogP contribution in [0.2, 0.25) is 0 Å². The van der Waals surface area contributed by atoms with Gasteiger partial charge in [0.1, 0.15) is 5.82 Å². The number of ether oxygens (including phenoxy) is 1. The molecule has 0 bridgehead atoms. The van der Waals surface area contributed by atoms with Crippen molar-refractivity contribution in [2.45, 2.75) is 13.3 Å². The van der Waals surface area contributed by atoms with Crippen LogP contribution in [0.5, 0.6) is 5.75 Å². The molecule has 14 heavy (non-hydrogen) atoms. The number of aryl methyl sites for hydroxylation is 1. The summed E-state index contributed by atoms with van der Waals surface area (Å²) in [6.45, 7) is 4.93. The molecule has 1 saturated heterocycles. The fourth-order valence-electron chi connectivity index (χ4n) is 1.28. The Kier molecular flexibility index (Phi) is 2.93. The Morgan fingerprint density at radius 1 is 1.43 bits per heavy atom. The van der Waals surface area contributed by atoms with E-state index >= 15 is 0 Å². The van der Waals surface area contributed by atoms with E-state index in [-0.39, 0.29) is 0 Å². The first-order valence-corrected chi connectivity index (χ1v) is 5.03. The van der Waals surface area contributed by atoms with Crippen LogP contribution in [0.25, 0.3) is 0 Å². The summed E-state index contributed by atoms with van der Waals surface area (Å²) < 4.78 is 5.54. The lowest BCUT2D eigenvalue weighted by Gasteiger charge is -2.26. The van der Waals surface area contributed by atoms with Crippen LogP contribution < -0.4 is 10.1 Å². The minimum Gasteiger partial charge on any atom is -0.490 e. The molecule has 4 nitrogen and oxygen atoms in total. The molecule has 0 saturated carbocycles. The lowest BCUT2D eigenvalue weighted by Crippen LogP contribution is -2.45. The van der Waals surface area contributed by atoms with Crippen LogP contribution in [0.1, 0.15) is 12.7 Å². The first-order valence-electron chi connectivity index (χ1n) is 5.03. The number of hydrogen-bond donors (Lipinski definition) is 1. The summed E-state index contributed by atoms with van der Waals surface area (Å²) in [6, 6.07) is 0. The molecule has 1 aliphatic rings. The van der Waals surface area contributed by atoms with Crippen LogP contribution >= 0.6 is 0 Å². The van der Waals surface area contributed by atoms with Crippen molar-refractivity contribution < 1.29 is 4.74 Å². The van der Waals surface area contributed by atoms with Crippen molar-refractivity contribution in [3.63, 3.8) is 0 Å². The van der Waals surface area contributed by atoms with Crippen LogP contribution in [-0.4, -0.2) is 29.7 Å². The third-order valence-corrected chi connectivity index (χ3v) is 2.35. The Bertz CT molecular complexity index is 282. The molecular weight excluding hydrogens is 178 g/mol. The first-order chi connectivity index (χ1) is 6.88. The van der Waals surface area contributed by atoms with Crippen molar-refractivity contribution in [1.29, 1.82) is 0 Å². The lowest BCUT2D eigenvalue weighted by atomic mass is 10.1. The molecule has 0 unspecified atom stereocenters. The minimum atomic E-state index is 0.654. The average molecular weight is 193 g/mol. The van der Waals surface area contributed by atoms with Crippen molar-refractivity contribution >= 4 is 0 Å². The zero-order valence-electron chi connectivity index (χ0n) is 8.36. The minimum absolute atomic E-state index is 0.654. The molecule has 0 amide bonds. The van der Waals surface area contributed by atoms with Gasteiger partial charge in [-0.2, -0.15) is 0 Å². The van der Waals surface area contributed by atoms with Gasteiger partial charge in [-0.05, 0) is 0 Å². The lowest BCUT2D eigenvalue weighted by molar-refractivity contribution is 0.198. The highest BCUT2D eigenvalue weighted by molar-refractivity contribution is 5.12. The fourth-order valence-corrected chi connectivity index (χ4v) is 1.28. The quantitative estimate of drug-likeness (QED) is 0.762. The smallest absolute Gasteiger partial charge is 0.155 e. The maximum Gasteiger partial charge on any atom is 0.155 e. The zero-order valence-corrected chi connectivity index (χ0v) is 8.36. The Balaban J connectivity index is 1.83. The monoisotopic (exact) mass is 193 g/mol. The SMILES string of the molecule is CCc1ncc(OCC2CNC2)cn1. The molecule has 2 heterocycles. The van der Waals surface area contributed by atoms with E-state index in [4.69, 9.17) is 4.74 Å². The Labute approximate surface area is 83.7 Å². The predicted molar refractivity (Wildman–Crippen MR) is 53.3 cm³/mol. The summed E-state index contributed by atoms with van der Waals surface area (Å²) in [5.41, 5.74) is 0. The summed E-state index contributed by atoms with van der Waals surface area (Å²) in [6.07, 6.45) is 4.36. The van der Waals surface area contributed by atoms with Gasteiger partial charge in [0.15, 0.2) is 5.75 Å². The van der Waals surface area contributed by atoms with Crippen LogP contribution in [0.15, 0.2) is 12.4 Å². The van der Waals surface area contributed by atoms with Gasteiger partial charge in [-0.25, -0.2) is 9.97 Å². The highest BCUT2D eigenvalue weighted by Gasteiger charge is 2.17. The van der Waals surface area contributed by atoms with E-state index in [9.17, 15) is 0 Å². The molecule has 0 radical (unpaired) electrons. The molecule has 0 aromatic carbocycles. The number of nitrogens with zero attached hydrogens (tertiary/aromatic N) is 2. The van der Waals surface area contributed by atoms with Crippen molar-refractivity contribution in [1.82, 2.24) is 15.3 Å². The van der Waals surface area contributed by atoms with Crippen molar-refractivity contribution in [3.05, 3.63) is 18.2 Å². The molecule has 1 aromatic heterocycles. The molecular formula is C10H15N3O. The fraction of sp³-hybridized carbons (Fsp3) is 0.600. The van der Waals surface area contributed by atoms with E-state index in [1.807, 2.05) is 6.92 Å². The third kappa shape index (κ3) is 2.20. The molecule has 0 aliphatic carbocycles. The third-order valence-electron chi connectivity index (χ3n) is 2.35. The normalized spacial score (nSPS) is 16.4. The zero-order chi connectivity index (χ0) is 9.80. The van der Waals surface area contributed by atoms with Gasteiger partial charge < -0.3 is 10.1 Å². The van der Waals surface area contributed by atoms with Crippen molar-refractivity contribution in [3.8, 4) is 5.75 Å². The van der Waals surface area contributed by atoms with E-state index in [0.717, 1.165) is 37.7 Å². The summed E-state index contributed by atoms with van der Waals surface area (Å²) in [4.78, 5) is 8.33. The van der Waals surface area contributed by atoms with Gasteiger partial charge in [0.2, 0.25) is 0 Å². The van der Waals surface area contributed by atoms with E-state index < -0.39 is 0 Å². The van der Waals surface area contributed by atoms with E-state index in [1.54, 1.807) is 12.4 Å². The Hall–Kier alpha value is -1.16. The molecule has 1 aliphatic heterocycles. The van der Waals surface area contributed by atoms with Gasteiger partial charge in [0, 0.05) is 25.4 Å². The second kappa shape index (κ2) is 4.37. The van der Waals surface area contributed by atoms with Crippen molar-refractivity contribution in [2.24, 2.45) is 5.92 Å². The number of aromatic nitrogens is 2. The second-order valence-corrected chi connectivity index (χ2v) is 3.52. The second-order valence-electron chi connectivity index (χ2n) is 3.52. The summed E-state index contributed by atoms with van der Waals surface area (Å²) in [5.74, 6) is 2.29. The molecule has 1 aromatic rings. The summed E-state index contributed by atoms with van der Waals surface area (Å²) in [7, 11) is 0. The molecule has 1 N–H and O–H groups in total. The maximum absolute atomic E-state index is 5.54. The Morgan fingerprint density at radius 2 is 2.14 bits per heavy atom. The van der Waals surface area contributed by atoms with E-state index in [1.165, 1.54) is 0 Å². The van der Waals surface area contributed by atoms with Gasteiger partial charge >= 0.3 is 0 Å². The van der Waals surface area contributed by atoms with Gasteiger partial charge in [0.25, 0.3) is 0 Å². The summed E-state index contributed by atoms with van der Waals surface area (Å²) >= 11 is 0. The van der Waals surface area contributed by atoms with Gasteiger partial charge in [0.05, 0.1) is 19.0 Å². The topological polar surface area (TPSA) is 47.0 Å². The van der Waals surface area contributed by atoms with E-state index in [0.29, 0.717) is 5.92 Å². The largest absolute Gasteiger partial charge is 0.490 e. The van der Waals surface area contributed by atoms with Gasteiger partial charge in [-0.1, -0.05) is 6.92 Å². The molecule has 0 atom stereocenters. The van der Waals surface area contributed by atoms with Crippen molar-refractivity contribution in [2.75, 3.05) is 19.7 Å². The predicted octanol–water partition coefficient (Wildman–Crippen LogP) is 0.637. The molecule has 4 heteroatoms. The van der Waals surface area contributed by atoms with E-state index in [2.05, 4.69) is 15.3 Å². The molecule has 1 fully saturated rings.